The smallest absolute Gasteiger partial charge is 0.175 e. The molecular weight excluding hydrogens is 250 g/mol. The second-order valence-electron chi connectivity index (χ2n) is 5.85. The van der Waals surface area contributed by atoms with E-state index < -0.39 is 0 Å². The van der Waals surface area contributed by atoms with Crippen molar-refractivity contribution in [3.63, 3.8) is 0 Å². The van der Waals surface area contributed by atoms with Crippen LogP contribution in [-0.4, -0.2) is 26.5 Å². The number of rotatable bonds is 6. The van der Waals surface area contributed by atoms with E-state index in [0.717, 1.165) is 18.9 Å². The van der Waals surface area contributed by atoms with Crippen molar-refractivity contribution in [2.24, 2.45) is 5.92 Å². The first kappa shape index (κ1) is 13.2. The van der Waals surface area contributed by atoms with E-state index in [1.807, 2.05) is 23.0 Å². The van der Waals surface area contributed by atoms with Crippen molar-refractivity contribution in [1.82, 2.24) is 25.3 Å². The summed E-state index contributed by atoms with van der Waals surface area (Å²) in [5, 5.41) is 16.1. The van der Waals surface area contributed by atoms with E-state index in [1.165, 1.54) is 24.1 Å². The lowest BCUT2D eigenvalue weighted by Gasteiger charge is -2.09. The summed E-state index contributed by atoms with van der Waals surface area (Å²) in [7, 11) is 0. The molecule has 0 amide bonds. The van der Waals surface area contributed by atoms with Crippen LogP contribution in [0.2, 0.25) is 0 Å². The summed E-state index contributed by atoms with van der Waals surface area (Å²) in [6.07, 6.45) is 6.16. The van der Waals surface area contributed by atoms with Gasteiger partial charge in [0, 0.05) is 24.2 Å². The van der Waals surface area contributed by atoms with Gasteiger partial charge in [-0.25, -0.2) is 4.68 Å². The third-order valence-corrected chi connectivity index (χ3v) is 3.49. The standard InChI is InChI=1S/C15H21N5/c1-11(2)8-16-9-13-10-18-20(15(13)12-5-6-12)14-4-3-7-17-19-14/h3-4,7,10-12,16H,5-6,8-9H2,1-2H3. The van der Waals surface area contributed by atoms with E-state index in [2.05, 4.69) is 34.5 Å². The fraction of sp³-hybridized carbons (Fsp3) is 0.533. The Morgan fingerprint density at radius 2 is 2.25 bits per heavy atom. The van der Waals surface area contributed by atoms with E-state index in [0.29, 0.717) is 11.8 Å². The van der Waals surface area contributed by atoms with Gasteiger partial charge >= 0.3 is 0 Å². The molecule has 2 aromatic rings. The van der Waals surface area contributed by atoms with Crippen LogP contribution in [0.15, 0.2) is 24.5 Å². The first-order valence-electron chi connectivity index (χ1n) is 7.31. The van der Waals surface area contributed by atoms with E-state index >= 15 is 0 Å². The molecule has 3 rings (SSSR count). The molecule has 2 heterocycles. The Hall–Kier alpha value is -1.75. The Morgan fingerprint density at radius 3 is 2.90 bits per heavy atom. The van der Waals surface area contributed by atoms with Gasteiger partial charge in [0.1, 0.15) is 0 Å². The largest absolute Gasteiger partial charge is 0.312 e. The number of hydrogen-bond donors (Lipinski definition) is 1. The average Bonchev–Trinajstić information content (AvgIpc) is 3.20. The Balaban J connectivity index is 1.83. The van der Waals surface area contributed by atoms with Crippen LogP contribution in [0.25, 0.3) is 5.82 Å². The number of nitrogens with one attached hydrogen (secondary N) is 1. The lowest BCUT2D eigenvalue weighted by Crippen LogP contribution is -2.19. The van der Waals surface area contributed by atoms with Gasteiger partial charge in [-0.1, -0.05) is 13.8 Å². The Labute approximate surface area is 119 Å². The summed E-state index contributed by atoms with van der Waals surface area (Å²) >= 11 is 0. The summed E-state index contributed by atoms with van der Waals surface area (Å²) in [6, 6.07) is 3.86. The highest BCUT2D eigenvalue weighted by molar-refractivity contribution is 5.32. The molecule has 1 aliphatic rings. The predicted octanol–water partition coefficient (Wildman–Crippen LogP) is 2.29. The molecule has 0 spiro atoms. The first-order valence-corrected chi connectivity index (χ1v) is 7.31. The zero-order chi connectivity index (χ0) is 13.9. The van der Waals surface area contributed by atoms with Crippen LogP contribution in [-0.2, 0) is 6.54 Å². The van der Waals surface area contributed by atoms with E-state index in [4.69, 9.17) is 0 Å². The van der Waals surface area contributed by atoms with E-state index in [-0.39, 0.29) is 0 Å². The molecule has 0 aromatic carbocycles. The summed E-state index contributed by atoms with van der Waals surface area (Å²) in [5.41, 5.74) is 2.60. The second kappa shape index (κ2) is 5.71. The van der Waals surface area contributed by atoms with Crippen molar-refractivity contribution in [2.75, 3.05) is 6.54 Å². The number of hydrogen-bond acceptors (Lipinski definition) is 4. The average molecular weight is 271 g/mol. The van der Waals surface area contributed by atoms with Crippen LogP contribution in [0, 0.1) is 5.92 Å². The quantitative estimate of drug-likeness (QED) is 0.875. The number of aromatic nitrogens is 4. The predicted molar refractivity (Wildman–Crippen MR) is 77.7 cm³/mol. The SMILES string of the molecule is CC(C)CNCc1cnn(-c2cccnn2)c1C1CC1. The zero-order valence-electron chi connectivity index (χ0n) is 12.1. The molecule has 1 saturated carbocycles. The molecule has 106 valence electrons. The van der Waals surface area contributed by atoms with Crippen LogP contribution in [0.4, 0.5) is 0 Å². The maximum atomic E-state index is 4.52. The summed E-state index contributed by atoms with van der Waals surface area (Å²) in [5.74, 6) is 2.11. The molecule has 0 unspecified atom stereocenters. The van der Waals surface area contributed by atoms with Gasteiger partial charge in [0.25, 0.3) is 0 Å². The van der Waals surface area contributed by atoms with Gasteiger partial charge in [-0.05, 0) is 37.4 Å². The van der Waals surface area contributed by atoms with Crippen molar-refractivity contribution in [3.05, 3.63) is 35.8 Å². The molecule has 0 atom stereocenters. The van der Waals surface area contributed by atoms with Crippen LogP contribution in [0.5, 0.6) is 0 Å². The minimum Gasteiger partial charge on any atom is -0.312 e. The topological polar surface area (TPSA) is 55.6 Å². The fourth-order valence-electron chi connectivity index (χ4n) is 2.40. The lowest BCUT2D eigenvalue weighted by atomic mass is 10.1. The maximum Gasteiger partial charge on any atom is 0.175 e. The molecule has 1 fully saturated rings. The third kappa shape index (κ3) is 2.88. The van der Waals surface area contributed by atoms with Crippen LogP contribution >= 0.6 is 0 Å². The molecule has 1 aliphatic carbocycles. The third-order valence-electron chi connectivity index (χ3n) is 3.49. The molecule has 0 bridgehead atoms. The van der Waals surface area contributed by atoms with E-state index in [1.54, 1.807) is 6.20 Å². The molecule has 0 saturated heterocycles. The van der Waals surface area contributed by atoms with Gasteiger partial charge < -0.3 is 5.32 Å². The van der Waals surface area contributed by atoms with Gasteiger partial charge in [-0.15, -0.1) is 5.10 Å². The summed E-state index contributed by atoms with van der Waals surface area (Å²) in [6.45, 7) is 6.35. The second-order valence-corrected chi connectivity index (χ2v) is 5.85. The molecule has 20 heavy (non-hydrogen) atoms. The summed E-state index contributed by atoms with van der Waals surface area (Å²) < 4.78 is 1.96. The van der Waals surface area contributed by atoms with Gasteiger partial charge in [-0.2, -0.15) is 10.2 Å². The van der Waals surface area contributed by atoms with Gasteiger partial charge in [0.15, 0.2) is 5.82 Å². The van der Waals surface area contributed by atoms with Crippen molar-refractivity contribution >= 4 is 0 Å². The van der Waals surface area contributed by atoms with Gasteiger partial charge in [0.2, 0.25) is 0 Å². The van der Waals surface area contributed by atoms with Crippen molar-refractivity contribution < 1.29 is 0 Å². The maximum absolute atomic E-state index is 4.52. The number of nitrogens with zero attached hydrogens (tertiary/aromatic N) is 4. The molecule has 0 radical (unpaired) electrons. The molecular formula is C15H21N5. The van der Waals surface area contributed by atoms with Crippen LogP contribution < -0.4 is 5.32 Å². The van der Waals surface area contributed by atoms with Crippen LogP contribution in [0.1, 0.15) is 43.9 Å². The highest BCUT2D eigenvalue weighted by atomic mass is 15.3. The lowest BCUT2D eigenvalue weighted by molar-refractivity contribution is 0.550. The highest BCUT2D eigenvalue weighted by Gasteiger charge is 2.30. The Bertz CT molecular complexity index is 557. The monoisotopic (exact) mass is 271 g/mol. The Morgan fingerprint density at radius 1 is 1.40 bits per heavy atom. The van der Waals surface area contributed by atoms with Crippen molar-refractivity contribution in [2.45, 2.75) is 39.2 Å². The van der Waals surface area contributed by atoms with Crippen LogP contribution in [0.3, 0.4) is 0 Å². The normalized spacial score (nSPS) is 14.9. The molecule has 5 heteroatoms. The molecule has 1 N–H and O–H groups in total. The van der Waals surface area contributed by atoms with E-state index in [9.17, 15) is 0 Å². The molecule has 2 aromatic heterocycles. The summed E-state index contributed by atoms with van der Waals surface area (Å²) in [4.78, 5) is 0. The zero-order valence-corrected chi connectivity index (χ0v) is 12.1. The molecule has 5 nitrogen and oxygen atoms in total. The Kier molecular flexibility index (Phi) is 3.78. The van der Waals surface area contributed by atoms with Gasteiger partial charge in [0.05, 0.1) is 11.9 Å². The molecule has 0 aliphatic heterocycles. The fourth-order valence-corrected chi connectivity index (χ4v) is 2.40. The first-order chi connectivity index (χ1) is 9.75. The highest BCUT2D eigenvalue weighted by Crippen LogP contribution is 2.42. The van der Waals surface area contributed by atoms with Crippen molar-refractivity contribution in [3.8, 4) is 5.82 Å². The van der Waals surface area contributed by atoms with Crippen molar-refractivity contribution in [1.29, 1.82) is 0 Å². The van der Waals surface area contributed by atoms with Gasteiger partial charge in [-0.3, -0.25) is 0 Å². The minimum absolute atomic E-state index is 0.635. The minimum atomic E-state index is 0.635.